The zero-order valence-corrected chi connectivity index (χ0v) is 16.5. The fourth-order valence-electron chi connectivity index (χ4n) is 3.40. The molecule has 28 heavy (non-hydrogen) atoms. The third-order valence-corrected chi connectivity index (χ3v) is 5.18. The molecule has 2 heterocycles. The normalized spacial score (nSPS) is 12.4. The average Bonchev–Trinajstić information content (AvgIpc) is 3.38. The van der Waals surface area contributed by atoms with Gasteiger partial charge in [-0.25, -0.2) is 9.97 Å². The van der Waals surface area contributed by atoms with Gasteiger partial charge in [-0.05, 0) is 32.6 Å². The Morgan fingerprint density at radius 2 is 1.79 bits per heavy atom. The summed E-state index contributed by atoms with van der Waals surface area (Å²) < 4.78 is 2.17. The minimum Gasteiger partial charge on any atom is -0.347 e. The molecule has 0 aliphatic carbocycles. The topological polar surface area (TPSA) is 49.7 Å². The van der Waals surface area contributed by atoms with E-state index in [1.165, 1.54) is 5.56 Å². The van der Waals surface area contributed by atoms with Gasteiger partial charge in [0.25, 0.3) is 0 Å². The van der Waals surface area contributed by atoms with Gasteiger partial charge in [0.2, 0.25) is 0 Å². The van der Waals surface area contributed by atoms with Crippen molar-refractivity contribution in [3.05, 3.63) is 84.7 Å². The Balaban J connectivity index is 1.84. The first-order valence-corrected chi connectivity index (χ1v) is 9.49. The number of aromatic amines is 1. The highest BCUT2D eigenvalue weighted by Gasteiger charge is 2.17. The van der Waals surface area contributed by atoms with Crippen molar-refractivity contribution in [1.82, 2.24) is 24.4 Å². The summed E-state index contributed by atoms with van der Waals surface area (Å²) in [5.74, 6) is 0.913. The van der Waals surface area contributed by atoms with Crippen LogP contribution < -0.4 is 0 Å². The van der Waals surface area contributed by atoms with Gasteiger partial charge in [0.15, 0.2) is 0 Å². The largest absolute Gasteiger partial charge is 0.347 e. The molecule has 0 fully saturated rings. The Bertz CT molecular complexity index is 1030. The van der Waals surface area contributed by atoms with Crippen LogP contribution in [0.4, 0.5) is 0 Å². The predicted octanol–water partition coefficient (Wildman–Crippen LogP) is 4.61. The summed E-state index contributed by atoms with van der Waals surface area (Å²) in [5, 5.41) is 0. The zero-order valence-electron chi connectivity index (χ0n) is 16.5. The third kappa shape index (κ3) is 3.62. The van der Waals surface area contributed by atoms with Crippen molar-refractivity contribution in [3.8, 4) is 22.5 Å². The lowest BCUT2D eigenvalue weighted by Gasteiger charge is -2.21. The van der Waals surface area contributed by atoms with Crippen LogP contribution in [0, 0.1) is 0 Å². The summed E-state index contributed by atoms with van der Waals surface area (Å²) in [6.07, 6.45) is 5.54. The van der Waals surface area contributed by atoms with Gasteiger partial charge in [-0.15, -0.1) is 0 Å². The molecule has 0 bridgehead atoms. The van der Waals surface area contributed by atoms with Crippen LogP contribution in [0.3, 0.4) is 0 Å². The number of hydrogen-bond acceptors (Lipinski definition) is 3. The third-order valence-electron chi connectivity index (χ3n) is 5.18. The monoisotopic (exact) mass is 371 g/mol. The molecule has 5 nitrogen and oxygen atoms in total. The van der Waals surface area contributed by atoms with E-state index in [1.807, 2.05) is 18.6 Å². The van der Waals surface area contributed by atoms with Crippen molar-refractivity contribution in [2.75, 3.05) is 14.1 Å². The van der Waals surface area contributed by atoms with Crippen LogP contribution in [0.2, 0.25) is 0 Å². The standard InChI is InChI=1S/C23H25N5/c1-17(27(2)3)19-10-7-11-20(14-19)23-22(18-8-5-4-6-9-18)26-16-28(23)15-21-24-12-13-25-21/h4-14,16-17H,15H2,1-3H3,(H,24,25)/t17-/m1/s1. The lowest BCUT2D eigenvalue weighted by molar-refractivity contribution is 0.321. The molecule has 0 saturated heterocycles. The van der Waals surface area contributed by atoms with Gasteiger partial charge in [-0.3, -0.25) is 0 Å². The van der Waals surface area contributed by atoms with Crippen molar-refractivity contribution in [2.45, 2.75) is 19.5 Å². The van der Waals surface area contributed by atoms with Crippen molar-refractivity contribution < 1.29 is 0 Å². The van der Waals surface area contributed by atoms with Crippen molar-refractivity contribution in [2.24, 2.45) is 0 Å². The zero-order chi connectivity index (χ0) is 19.5. The SMILES string of the molecule is C[C@H](c1cccc(-c2c(-c3ccccc3)ncn2Cc2ncc[nH]2)c1)N(C)C. The molecule has 0 saturated carbocycles. The minimum absolute atomic E-state index is 0.335. The second-order valence-electron chi connectivity index (χ2n) is 7.24. The number of H-pyrrole nitrogens is 1. The van der Waals surface area contributed by atoms with Gasteiger partial charge in [0.1, 0.15) is 5.82 Å². The van der Waals surface area contributed by atoms with Gasteiger partial charge in [0, 0.05) is 29.6 Å². The molecule has 1 atom stereocenters. The lowest BCUT2D eigenvalue weighted by atomic mass is 10.00. The van der Waals surface area contributed by atoms with Gasteiger partial charge in [-0.2, -0.15) is 0 Å². The van der Waals surface area contributed by atoms with Gasteiger partial charge < -0.3 is 14.5 Å². The van der Waals surface area contributed by atoms with Crippen LogP contribution >= 0.6 is 0 Å². The van der Waals surface area contributed by atoms with E-state index in [2.05, 4.69) is 89.0 Å². The molecule has 142 valence electrons. The van der Waals surface area contributed by atoms with Crippen LogP contribution in [-0.2, 0) is 6.54 Å². The number of rotatable bonds is 6. The second kappa shape index (κ2) is 7.82. The molecule has 1 N–H and O–H groups in total. The van der Waals surface area contributed by atoms with E-state index in [4.69, 9.17) is 4.98 Å². The van der Waals surface area contributed by atoms with Crippen LogP contribution in [0.25, 0.3) is 22.5 Å². The lowest BCUT2D eigenvalue weighted by Crippen LogP contribution is -2.16. The number of nitrogens with zero attached hydrogens (tertiary/aromatic N) is 4. The van der Waals surface area contributed by atoms with Crippen molar-refractivity contribution in [1.29, 1.82) is 0 Å². The van der Waals surface area contributed by atoms with Crippen LogP contribution in [0.15, 0.2) is 73.3 Å². The maximum atomic E-state index is 4.76. The van der Waals surface area contributed by atoms with E-state index in [0.29, 0.717) is 12.6 Å². The Labute approximate surface area is 165 Å². The molecule has 0 radical (unpaired) electrons. The van der Waals surface area contributed by atoms with Crippen LogP contribution in [0.5, 0.6) is 0 Å². The van der Waals surface area contributed by atoms with Crippen molar-refractivity contribution >= 4 is 0 Å². The van der Waals surface area contributed by atoms with Gasteiger partial charge in [0.05, 0.1) is 24.3 Å². The Kier molecular flexibility index (Phi) is 5.08. The first-order valence-electron chi connectivity index (χ1n) is 9.49. The molecule has 2 aromatic heterocycles. The minimum atomic E-state index is 0.335. The van der Waals surface area contributed by atoms with Crippen molar-refractivity contribution in [3.63, 3.8) is 0 Å². The Morgan fingerprint density at radius 1 is 1.00 bits per heavy atom. The van der Waals surface area contributed by atoms with E-state index >= 15 is 0 Å². The fourth-order valence-corrected chi connectivity index (χ4v) is 3.40. The fraction of sp³-hybridized carbons (Fsp3) is 0.217. The highest BCUT2D eigenvalue weighted by molar-refractivity contribution is 5.79. The summed E-state index contributed by atoms with van der Waals surface area (Å²) in [6.45, 7) is 2.87. The maximum Gasteiger partial charge on any atom is 0.126 e. The summed E-state index contributed by atoms with van der Waals surface area (Å²) in [4.78, 5) is 14.6. The molecular weight excluding hydrogens is 346 g/mol. The van der Waals surface area contributed by atoms with Crippen LogP contribution in [-0.4, -0.2) is 38.5 Å². The van der Waals surface area contributed by atoms with Gasteiger partial charge in [-0.1, -0.05) is 48.5 Å². The molecule has 4 rings (SSSR count). The molecular formula is C23H25N5. The smallest absolute Gasteiger partial charge is 0.126 e. The van der Waals surface area contributed by atoms with E-state index in [9.17, 15) is 0 Å². The Morgan fingerprint density at radius 3 is 2.50 bits per heavy atom. The summed E-state index contributed by atoms with van der Waals surface area (Å²) in [5.41, 5.74) is 5.65. The first-order chi connectivity index (χ1) is 13.6. The molecule has 0 spiro atoms. The second-order valence-corrected chi connectivity index (χ2v) is 7.24. The maximum absolute atomic E-state index is 4.76. The highest BCUT2D eigenvalue weighted by Crippen LogP contribution is 2.33. The summed E-state index contributed by atoms with van der Waals surface area (Å²) >= 11 is 0. The molecule has 5 heteroatoms. The number of aromatic nitrogens is 4. The summed E-state index contributed by atoms with van der Waals surface area (Å²) in [6, 6.07) is 19.4. The van der Waals surface area contributed by atoms with E-state index in [1.54, 1.807) is 6.20 Å². The first kappa shape index (κ1) is 18.2. The number of nitrogens with one attached hydrogen (secondary N) is 1. The molecule has 0 aliphatic rings. The number of benzene rings is 2. The number of imidazole rings is 2. The van der Waals surface area contributed by atoms with Crippen LogP contribution in [0.1, 0.15) is 24.4 Å². The highest BCUT2D eigenvalue weighted by atomic mass is 15.1. The van der Waals surface area contributed by atoms with E-state index < -0.39 is 0 Å². The molecule has 4 aromatic rings. The average molecular weight is 371 g/mol. The quantitative estimate of drug-likeness (QED) is 0.538. The molecule has 0 unspecified atom stereocenters. The number of hydrogen-bond donors (Lipinski definition) is 1. The Hall–Kier alpha value is -3.18. The predicted molar refractivity (Wildman–Crippen MR) is 113 cm³/mol. The van der Waals surface area contributed by atoms with E-state index in [0.717, 1.165) is 28.3 Å². The molecule has 0 amide bonds. The van der Waals surface area contributed by atoms with Gasteiger partial charge >= 0.3 is 0 Å². The summed E-state index contributed by atoms with van der Waals surface area (Å²) in [7, 11) is 4.21. The van der Waals surface area contributed by atoms with E-state index in [-0.39, 0.29) is 0 Å². The molecule has 2 aromatic carbocycles. The molecule has 0 aliphatic heterocycles.